The van der Waals surface area contributed by atoms with Crippen molar-refractivity contribution in [2.24, 2.45) is 11.8 Å². The zero-order valence-corrected chi connectivity index (χ0v) is 14.5. The molecule has 0 aromatic heterocycles. The number of hydrogen-bond donors (Lipinski definition) is 1. The number of benzene rings is 1. The van der Waals surface area contributed by atoms with Crippen LogP contribution in [0.25, 0.3) is 0 Å². The Hall–Kier alpha value is -1.80. The van der Waals surface area contributed by atoms with Crippen molar-refractivity contribution in [2.75, 3.05) is 27.2 Å². The first kappa shape index (κ1) is 21.2. The lowest BCUT2D eigenvalue weighted by atomic mass is 9.96. The molecule has 140 valence electrons. The van der Waals surface area contributed by atoms with E-state index in [-0.39, 0.29) is 24.9 Å². The SMILES string of the molecule is CN(C)C(=O)C(c1ccccc1)N1C[C@@H](C(F)(F)F)[C@H](C(=O)O)C1.Cl. The van der Waals surface area contributed by atoms with Gasteiger partial charge in [-0.1, -0.05) is 30.3 Å². The predicted octanol–water partition coefficient (Wildman–Crippen LogP) is 2.43. The molecule has 9 heteroatoms. The van der Waals surface area contributed by atoms with Crippen molar-refractivity contribution in [3.63, 3.8) is 0 Å². The van der Waals surface area contributed by atoms with Crippen LogP contribution in [0.3, 0.4) is 0 Å². The third kappa shape index (κ3) is 4.64. The van der Waals surface area contributed by atoms with Crippen molar-refractivity contribution in [3.05, 3.63) is 35.9 Å². The van der Waals surface area contributed by atoms with Gasteiger partial charge in [-0.25, -0.2) is 0 Å². The van der Waals surface area contributed by atoms with Crippen LogP contribution in [-0.2, 0) is 9.59 Å². The molecular formula is C16H20ClF3N2O3. The molecule has 1 aliphatic heterocycles. The lowest BCUT2D eigenvalue weighted by Gasteiger charge is -2.29. The number of carbonyl (C=O) groups is 2. The van der Waals surface area contributed by atoms with Gasteiger partial charge in [-0.2, -0.15) is 13.2 Å². The Morgan fingerprint density at radius 1 is 1.20 bits per heavy atom. The maximum atomic E-state index is 13.2. The fourth-order valence-electron chi connectivity index (χ4n) is 3.02. The number of alkyl halides is 3. The van der Waals surface area contributed by atoms with Crippen LogP contribution in [0.2, 0.25) is 0 Å². The zero-order chi connectivity index (χ0) is 18.1. The highest BCUT2D eigenvalue weighted by Crippen LogP contribution is 2.41. The smallest absolute Gasteiger partial charge is 0.393 e. The Labute approximate surface area is 149 Å². The summed E-state index contributed by atoms with van der Waals surface area (Å²) in [5.41, 5.74) is 0.545. The van der Waals surface area contributed by atoms with E-state index >= 15 is 0 Å². The molecule has 1 aromatic rings. The van der Waals surface area contributed by atoms with Crippen molar-refractivity contribution in [2.45, 2.75) is 12.2 Å². The van der Waals surface area contributed by atoms with Crippen LogP contribution in [-0.4, -0.2) is 60.1 Å². The number of carboxylic acid groups (broad SMARTS) is 1. The monoisotopic (exact) mass is 380 g/mol. The van der Waals surface area contributed by atoms with E-state index in [0.717, 1.165) is 0 Å². The molecule has 0 saturated carbocycles. The number of halogens is 4. The van der Waals surface area contributed by atoms with Gasteiger partial charge in [-0.3, -0.25) is 14.5 Å². The van der Waals surface area contributed by atoms with E-state index in [2.05, 4.69) is 0 Å². The molecule has 1 saturated heterocycles. The Morgan fingerprint density at radius 3 is 2.16 bits per heavy atom. The van der Waals surface area contributed by atoms with Gasteiger partial charge in [0.25, 0.3) is 0 Å². The molecule has 5 nitrogen and oxygen atoms in total. The second-order valence-corrected chi connectivity index (χ2v) is 6.09. The molecule has 1 amide bonds. The molecule has 1 fully saturated rings. The minimum atomic E-state index is -4.62. The summed E-state index contributed by atoms with van der Waals surface area (Å²) in [5.74, 6) is -5.44. The number of carboxylic acids is 1. The number of nitrogens with zero attached hydrogens (tertiary/aromatic N) is 2. The molecule has 0 radical (unpaired) electrons. The van der Waals surface area contributed by atoms with E-state index in [1.54, 1.807) is 30.3 Å². The van der Waals surface area contributed by atoms with Gasteiger partial charge in [-0.05, 0) is 5.56 Å². The number of aliphatic carboxylic acids is 1. The molecule has 0 aliphatic carbocycles. The molecule has 1 N–H and O–H groups in total. The second-order valence-electron chi connectivity index (χ2n) is 6.09. The summed E-state index contributed by atoms with van der Waals surface area (Å²) in [7, 11) is 3.04. The lowest BCUT2D eigenvalue weighted by Crippen LogP contribution is -2.40. The summed E-state index contributed by atoms with van der Waals surface area (Å²) < 4.78 is 39.6. The van der Waals surface area contributed by atoms with Gasteiger partial charge >= 0.3 is 12.1 Å². The fourth-order valence-corrected chi connectivity index (χ4v) is 3.02. The van der Waals surface area contributed by atoms with Gasteiger partial charge < -0.3 is 10.0 Å². The number of hydrogen-bond acceptors (Lipinski definition) is 3. The number of likely N-dealkylation sites (tertiary alicyclic amines) is 1. The number of carbonyl (C=O) groups excluding carboxylic acids is 1. The highest BCUT2D eigenvalue weighted by molar-refractivity contribution is 5.85. The number of amides is 1. The van der Waals surface area contributed by atoms with Crippen LogP contribution in [0.4, 0.5) is 13.2 Å². The van der Waals surface area contributed by atoms with E-state index in [9.17, 15) is 22.8 Å². The molecule has 1 aliphatic rings. The summed E-state index contributed by atoms with van der Waals surface area (Å²) in [6, 6.07) is 7.50. The third-order valence-electron chi connectivity index (χ3n) is 4.24. The summed E-state index contributed by atoms with van der Waals surface area (Å²) in [5, 5.41) is 9.14. The summed E-state index contributed by atoms with van der Waals surface area (Å²) in [6.07, 6.45) is -4.62. The minimum absolute atomic E-state index is 0. The molecule has 0 spiro atoms. The first-order valence-corrected chi connectivity index (χ1v) is 7.42. The van der Waals surface area contributed by atoms with Crippen molar-refractivity contribution >= 4 is 24.3 Å². The largest absolute Gasteiger partial charge is 0.481 e. The highest BCUT2D eigenvalue weighted by Gasteiger charge is 2.54. The van der Waals surface area contributed by atoms with Crippen molar-refractivity contribution in [1.29, 1.82) is 0 Å². The van der Waals surface area contributed by atoms with E-state index in [0.29, 0.717) is 5.56 Å². The maximum absolute atomic E-state index is 13.2. The van der Waals surface area contributed by atoms with E-state index in [4.69, 9.17) is 5.11 Å². The normalized spacial score (nSPS) is 22.1. The first-order valence-electron chi connectivity index (χ1n) is 7.42. The standard InChI is InChI=1S/C16H19F3N2O3.ClH/c1-20(2)14(22)13(10-6-4-3-5-7-10)21-8-11(15(23)24)12(9-21)16(17,18)19;/h3-7,11-13H,8-9H2,1-2H3,(H,23,24);1H/t11-,12-,13?;/m1./s1. The Kier molecular flexibility index (Phi) is 6.84. The van der Waals surface area contributed by atoms with Gasteiger partial charge in [0.1, 0.15) is 6.04 Å². The molecule has 1 heterocycles. The maximum Gasteiger partial charge on any atom is 0.393 e. The summed E-state index contributed by atoms with van der Waals surface area (Å²) in [4.78, 5) is 26.4. The van der Waals surface area contributed by atoms with Crippen molar-refractivity contribution in [3.8, 4) is 0 Å². The minimum Gasteiger partial charge on any atom is -0.481 e. The summed E-state index contributed by atoms with van der Waals surface area (Å²) in [6.45, 7) is -0.835. The van der Waals surface area contributed by atoms with Gasteiger partial charge in [-0.15, -0.1) is 12.4 Å². The lowest BCUT2D eigenvalue weighted by molar-refractivity contribution is -0.188. The first-order chi connectivity index (χ1) is 11.1. The fraction of sp³-hybridized carbons (Fsp3) is 0.500. The Morgan fingerprint density at radius 2 is 1.76 bits per heavy atom. The van der Waals surface area contributed by atoms with Crippen LogP contribution in [0, 0.1) is 11.8 Å². The van der Waals surface area contributed by atoms with Gasteiger partial charge in [0.2, 0.25) is 5.91 Å². The predicted molar refractivity (Wildman–Crippen MR) is 87.4 cm³/mol. The van der Waals surface area contributed by atoms with Crippen LogP contribution in [0.1, 0.15) is 11.6 Å². The molecule has 25 heavy (non-hydrogen) atoms. The highest BCUT2D eigenvalue weighted by atomic mass is 35.5. The average Bonchev–Trinajstić information content (AvgIpc) is 2.94. The molecule has 0 bridgehead atoms. The van der Waals surface area contributed by atoms with Crippen molar-refractivity contribution < 1.29 is 27.9 Å². The van der Waals surface area contributed by atoms with Gasteiger partial charge in [0.05, 0.1) is 11.8 Å². The molecule has 1 unspecified atom stereocenters. The van der Waals surface area contributed by atoms with E-state index in [1.807, 2.05) is 0 Å². The van der Waals surface area contributed by atoms with Crippen LogP contribution in [0.15, 0.2) is 30.3 Å². The second kappa shape index (κ2) is 8.05. The van der Waals surface area contributed by atoms with Gasteiger partial charge in [0, 0.05) is 27.2 Å². The molecule has 1 aromatic carbocycles. The quantitative estimate of drug-likeness (QED) is 0.871. The Bertz CT molecular complexity index is 610. The molecular weight excluding hydrogens is 361 g/mol. The van der Waals surface area contributed by atoms with Gasteiger partial charge in [0.15, 0.2) is 0 Å². The third-order valence-corrected chi connectivity index (χ3v) is 4.24. The number of rotatable bonds is 4. The van der Waals surface area contributed by atoms with Crippen molar-refractivity contribution in [1.82, 2.24) is 9.80 Å². The average molecular weight is 381 g/mol. The Balaban J connectivity index is 0.00000312. The van der Waals surface area contributed by atoms with E-state index in [1.165, 1.54) is 23.9 Å². The van der Waals surface area contributed by atoms with Crippen LogP contribution in [0.5, 0.6) is 0 Å². The molecule has 2 rings (SSSR count). The zero-order valence-electron chi connectivity index (χ0n) is 13.7. The van der Waals surface area contributed by atoms with Crippen LogP contribution < -0.4 is 0 Å². The number of likely N-dealkylation sites (N-methyl/N-ethyl adjacent to an activating group) is 1. The molecule has 3 atom stereocenters. The topological polar surface area (TPSA) is 60.9 Å². The van der Waals surface area contributed by atoms with Crippen LogP contribution >= 0.6 is 12.4 Å². The summed E-state index contributed by atoms with van der Waals surface area (Å²) >= 11 is 0. The van der Waals surface area contributed by atoms with E-state index < -0.39 is 36.6 Å².